The first-order chi connectivity index (χ1) is 14.0. The van der Waals surface area contributed by atoms with Crippen LogP contribution in [0, 0.1) is 0 Å². The number of rotatable bonds is 7. The molecule has 1 aliphatic rings. The Morgan fingerprint density at radius 1 is 1.10 bits per heavy atom. The number of ether oxygens (including phenoxy) is 1. The molecule has 0 amide bonds. The number of nitrogens with one attached hydrogen (secondary N) is 1. The molecule has 0 spiro atoms. The monoisotopic (exact) mass is 544 g/mol. The van der Waals surface area contributed by atoms with Crippen molar-refractivity contribution in [1.82, 2.24) is 4.31 Å². The Morgan fingerprint density at radius 2 is 1.73 bits per heavy atom. The van der Waals surface area contributed by atoms with Crippen LogP contribution in [-0.2, 0) is 33.5 Å². The third-order valence-corrected chi connectivity index (χ3v) is 6.70. The smallest absolute Gasteiger partial charge is 0.218 e. The van der Waals surface area contributed by atoms with Crippen LogP contribution >= 0.6 is 24.0 Å². The van der Waals surface area contributed by atoms with Crippen molar-refractivity contribution in [3.63, 3.8) is 0 Å². The largest absolute Gasteiger partial charge is 0.379 e. The summed E-state index contributed by atoms with van der Waals surface area (Å²) in [5.74, 6) is 0.241. The van der Waals surface area contributed by atoms with Gasteiger partial charge in [-0.3, -0.25) is 0 Å². The van der Waals surface area contributed by atoms with Crippen LogP contribution in [0.2, 0.25) is 0 Å². The first-order valence-corrected chi connectivity index (χ1v) is 11.4. The van der Waals surface area contributed by atoms with Gasteiger partial charge in [0.1, 0.15) is 0 Å². The van der Waals surface area contributed by atoms with E-state index in [0.717, 1.165) is 23.2 Å². The average molecular weight is 544 g/mol. The number of benzene rings is 2. The lowest BCUT2D eigenvalue weighted by Gasteiger charge is -2.26. The highest BCUT2D eigenvalue weighted by Gasteiger charge is 2.25. The third kappa shape index (κ3) is 6.93. The van der Waals surface area contributed by atoms with Gasteiger partial charge in [0, 0.05) is 18.8 Å². The van der Waals surface area contributed by atoms with E-state index in [1.165, 1.54) is 9.87 Å². The van der Waals surface area contributed by atoms with Gasteiger partial charge in [-0.1, -0.05) is 43.3 Å². The molecule has 0 unspecified atom stereocenters. The minimum Gasteiger partial charge on any atom is -0.379 e. The molecule has 3 rings (SSSR count). The van der Waals surface area contributed by atoms with Crippen LogP contribution in [0.3, 0.4) is 0 Å². The first-order valence-electron chi connectivity index (χ1n) is 9.76. The van der Waals surface area contributed by atoms with Crippen molar-refractivity contribution in [1.29, 1.82) is 0 Å². The second kappa shape index (κ2) is 11.6. The Hall–Kier alpha value is -1.69. The molecule has 2 aromatic rings. The Bertz CT molecular complexity index is 943. The predicted molar refractivity (Wildman–Crippen MR) is 132 cm³/mol. The van der Waals surface area contributed by atoms with E-state index >= 15 is 0 Å². The fraction of sp³-hybridized carbons (Fsp3) is 0.381. The number of anilines is 1. The number of nitrogens with two attached hydrogens (primary N) is 1. The Labute approximate surface area is 195 Å². The molecule has 9 heteroatoms. The van der Waals surface area contributed by atoms with Crippen LogP contribution in [-0.4, -0.2) is 45.0 Å². The number of sulfonamides is 1. The summed E-state index contributed by atoms with van der Waals surface area (Å²) in [4.78, 5) is 4.39. The van der Waals surface area contributed by atoms with Crippen molar-refractivity contribution in [2.45, 2.75) is 25.6 Å². The van der Waals surface area contributed by atoms with E-state index in [9.17, 15) is 8.42 Å². The standard InChI is InChI=1S/C21H28N4O3S.HI/c1-2-17-7-9-20(10-8-17)24-21(22)23-15-18-5-3-4-6-19(18)16-29(26,27)25-11-13-28-14-12-25;/h3-10H,2,11-16H2,1H3,(H3,22,23,24);1H. The zero-order chi connectivity index (χ0) is 20.7. The number of aryl methyl sites for hydroxylation is 1. The molecule has 2 aromatic carbocycles. The normalized spacial score (nSPS) is 15.4. The molecule has 1 aliphatic heterocycles. The van der Waals surface area contributed by atoms with E-state index < -0.39 is 10.0 Å². The highest BCUT2D eigenvalue weighted by Crippen LogP contribution is 2.17. The van der Waals surface area contributed by atoms with Gasteiger partial charge in [0.05, 0.1) is 25.5 Å². The molecule has 1 heterocycles. The zero-order valence-electron chi connectivity index (χ0n) is 17.1. The highest BCUT2D eigenvalue weighted by atomic mass is 127. The Balaban J connectivity index is 0.00000320. The second-order valence-corrected chi connectivity index (χ2v) is 8.88. The molecule has 3 N–H and O–H groups in total. The van der Waals surface area contributed by atoms with Gasteiger partial charge >= 0.3 is 0 Å². The Morgan fingerprint density at radius 3 is 2.37 bits per heavy atom. The predicted octanol–water partition coefficient (Wildman–Crippen LogP) is 2.96. The molecule has 0 aliphatic carbocycles. The van der Waals surface area contributed by atoms with E-state index in [0.29, 0.717) is 38.8 Å². The SMILES string of the molecule is CCc1ccc(NC(N)=NCc2ccccc2CS(=O)(=O)N2CCOCC2)cc1.I. The van der Waals surface area contributed by atoms with Crippen LogP contribution in [0.15, 0.2) is 53.5 Å². The van der Waals surface area contributed by atoms with E-state index in [-0.39, 0.29) is 29.7 Å². The molecule has 1 fully saturated rings. The van der Waals surface area contributed by atoms with Crippen LogP contribution in [0.5, 0.6) is 0 Å². The van der Waals surface area contributed by atoms with Crippen molar-refractivity contribution >= 4 is 45.6 Å². The fourth-order valence-electron chi connectivity index (χ4n) is 3.15. The van der Waals surface area contributed by atoms with E-state index in [2.05, 4.69) is 17.2 Å². The van der Waals surface area contributed by atoms with Crippen molar-refractivity contribution in [3.8, 4) is 0 Å². The van der Waals surface area contributed by atoms with Crippen molar-refractivity contribution in [2.24, 2.45) is 10.7 Å². The summed E-state index contributed by atoms with van der Waals surface area (Å²) in [7, 11) is -3.39. The highest BCUT2D eigenvalue weighted by molar-refractivity contribution is 14.0. The molecule has 30 heavy (non-hydrogen) atoms. The van der Waals surface area contributed by atoms with Crippen LogP contribution in [0.25, 0.3) is 0 Å². The summed E-state index contributed by atoms with van der Waals surface area (Å²) >= 11 is 0. The number of guanidine groups is 1. The molecule has 0 saturated carbocycles. The lowest BCUT2D eigenvalue weighted by molar-refractivity contribution is 0.0729. The van der Waals surface area contributed by atoms with Gasteiger partial charge in [0.25, 0.3) is 0 Å². The second-order valence-electron chi connectivity index (χ2n) is 6.91. The summed E-state index contributed by atoms with van der Waals surface area (Å²) < 4.78 is 32.2. The third-order valence-electron chi connectivity index (χ3n) is 4.87. The number of halogens is 1. The first kappa shape index (κ1) is 24.6. The van der Waals surface area contributed by atoms with E-state index in [1.807, 2.05) is 48.5 Å². The zero-order valence-corrected chi connectivity index (χ0v) is 20.2. The summed E-state index contributed by atoms with van der Waals surface area (Å²) in [6, 6.07) is 15.4. The summed E-state index contributed by atoms with van der Waals surface area (Å²) in [6.45, 7) is 4.08. The van der Waals surface area contributed by atoms with Gasteiger partial charge in [-0.25, -0.2) is 13.4 Å². The van der Waals surface area contributed by atoms with Gasteiger partial charge in [-0.15, -0.1) is 24.0 Å². The van der Waals surface area contributed by atoms with Crippen LogP contribution in [0.4, 0.5) is 5.69 Å². The number of nitrogens with zero attached hydrogens (tertiary/aromatic N) is 2. The molecule has 1 saturated heterocycles. The maximum atomic E-state index is 12.7. The number of hydrogen-bond donors (Lipinski definition) is 2. The maximum Gasteiger partial charge on any atom is 0.218 e. The van der Waals surface area contributed by atoms with Gasteiger partial charge in [0.2, 0.25) is 10.0 Å². The Kier molecular flexibility index (Phi) is 9.53. The van der Waals surface area contributed by atoms with Crippen LogP contribution < -0.4 is 11.1 Å². The molecule has 7 nitrogen and oxygen atoms in total. The van der Waals surface area contributed by atoms with E-state index in [4.69, 9.17) is 10.5 Å². The lowest BCUT2D eigenvalue weighted by Crippen LogP contribution is -2.41. The average Bonchev–Trinajstić information content (AvgIpc) is 2.74. The number of morpholine rings is 1. The van der Waals surface area contributed by atoms with Crippen molar-refractivity contribution < 1.29 is 13.2 Å². The van der Waals surface area contributed by atoms with Crippen LogP contribution in [0.1, 0.15) is 23.6 Å². The number of hydrogen-bond acceptors (Lipinski definition) is 4. The molecule has 0 aromatic heterocycles. The fourth-order valence-corrected chi connectivity index (χ4v) is 4.71. The lowest BCUT2D eigenvalue weighted by atomic mass is 10.1. The summed E-state index contributed by atoms with van der Waals surface area (Å²) in [6.07, 6.45) is 0.980. The minimum absolute atomic E-state index is 0. The molecular weight excluding hydrogens is 515 g/mol. The minimum atomic E-state index is -3.39. The topological polar surface area (TPSA) is 97.0 Å². The molecular formula is C21H29IN4O3S. The number of aliphatic imine (C=N–C) groups is 1. The maximum absolute atomic E-state index is 12.7. The van der Waals surface area contributed by atoms with Gasteiger partial charge in [-0.2, -0.15) is 4.31 Å². The quantitative estimate of drug-likeness (QED) is 0.318. The van der Waals surface area contributed by atoms with Crippen molar-refractivity contribution in [3.05, 3.63) is 65.2 Å². The molecule has 0 atom stereocenters. The summed E-state index contributed by atoms with van der Waals surface area (Å²) in [5.41, 5.74) is 9.72. The van der Waals surface area contributed by atoms with Gasteiger partial charge < -0.3 is 15.8 Å². The van der Waals surface area contributed by atoms with Gasteiger partial charge in [-0.05, 0) is 35.2 Å². The van der Waals surface area contributed by atoms with Crippen molar-refractivity contribution in [2.75, 3.05) is 31.6 Å². The summed E-state index contributed by atoms with van der Waals surface area (Å²) in [5, 5.41) is 3.07. The van der Waals surface area contributed by atoms with Gasteiger partial charge in [0.15, 0.2) is 5.96 Å². The van der Waals surface area contributed by atoms with E-state index in [1.54, 1.807) is 0 Å². The molecule has 0 bridgehead atoms. The molecule has 0 radical (unpaired) electrons. The molecule has 164 valence electrons.